The number of carbonyl (C=O) groups is 1. The van der Waals surface area contributed by atoms with Gasteiger partial charge in [0.25, 0.3) is 0 Å². The molecule has 0 saturated carbocycles. The third-order valence-electron chi connectivity index (χ3n) is 4.52. The van der Waals surface area contributed by atoms with E-state index in [0.717, 1.165) is 12.2 Å². The fraction of sp³-hybridized carbons (Fsp3) is 0.667. The van der Waals surface area contributed by atoms with Crippen molar-refractivity contribution in [3.63, 3.8) is 0 Å². The summed E-state index contributed by atoms with van der Waals surface area (Å²) in [6.45, 7) is 11.6. The van der Waals surface area contributed by atoms with Crippen LogP contribution in [0.15, 0.2) is 18.3 Å². The Morgan fingerprint density at radius 3 is 2.60 bits per heavy atom. The van der Waals surface area contributed by atoms with E-state index in [4.69, 9.17) is 15.2 Å². The second-order valence-electron chi connectivity index (χ2n) is 7.94. The number of likely N-dealkylation sites (N-methyl/N-ethyl adjacent to an activating group) is 1. The Balaban J connectivity index is 2.10. The van der Waals surface area contributed by atoms with Crippen LogP contribution < -0.4 is 10.6 Å². The molecular formula is C18H30N4O3. The van der Waals surface area contributed by atoms with Gasteiger partial charge in [-0.25, -0.2) is 9.78 Å². The smallest absolute Gasteiger partial charge is 0.410 e. The van der Waals surface area contributed by atoms with Crippen molar-refractivity contribution < 1.29 is 14.3 Å². The highest BCUT2D eigenvalue weighted by atomic mass is 16.6. The first-order valence-corrected chi connectivity index (χ1v) is 8.55. The molecule has 1 fully saturated rings. The van der Waals surface area contributed by atoms with Crippen molar-refractivity contribution in [3.8, 4) is 0 Å². The van der Waals surface area contributed by atoms with Gasteiger partial charge in [-0.1, -0.05) is 0 Å². The molecule has 1 aliphatic heterocycles. The second kappa shape index (κ2) is 7.07. The van der Waals surface area contributed by atoms with Crippen LogP contribution in [0.25, 0.3) is 0 Å². The van der Waals surface area contributed by atoms with E-state index >= 15 is 0 Å². The summed E-state index contributed by atoms with van der Waals surface area (Å²) >= 11 is 0. The molecular weight excluding hydrogens is 320 g/mol. The number of anilines is 2. The molecule has 2 rings (SSSR count). The third-order valence-corrected chi connectivity index (χ3v) is 4.52. The van der Waals surface area contributed by atoms with Gasteiger partial charge in [0.2, 0.25) is 0 Å². The fourth-order valence-corrected chi connectivity index (χ4v) is 2.68. The van der Waals surface area contributed by atoms with Gasteiger partial charge < -0.3 is 25.0 Å². The Bertz CT molecular complexity index is 595. The minimum atomic E-state index is -0.531. The van der Waals surface area contributed by atoms with Gasteiger partial charge in [0, 0.05) is 20.1 Å². The number of aromatic nitrogens is 1. The molecule has 1 aromatic rings. The second-order valence-corrected chi connectivity index (χ2v) is 7.94. The average molecular weight is 350 g/mol. The van der Waals surface area contributed by atoms with Crippen molar-refractivity contribution in [1.29, 1.82) is 0 Å². The third kappa shape index (κ3) is 4.75. The van der Waals surface area contributed by atoms with Crippen LogP contribution in [0, 0.1) is 0 Å². The van der Waals surface area contributed by atoms with Crippen LogP contribution in [0.2, 0.25) is 0 Å². The Hall–Kier alpha value is -2.02. The summed E-state index contributed by atoms with van der Waals surface area (Å²) < 4.78 is 11.5. The summed E-state index contributed by atoms with van der Waals surface area (Å²) in [4.78, 5) is 20.4. The zero-order valence-electron chi connectivity index (χ0n) is 16.1. The number of rotatable bonds is 3. The minimum Gasteiger partial charge on any atom is -0.444 e. The van der Waals surface area contributed by atoms with E-state index in [2.05, 4.69) is 9.88 Å². The molecule has 1 aromatic heterocycles. The fourth-order valence-electron chi connectivity index (χ4n) is 2.68. The molecule has 1 unspecified atom stereocenters. The van der Waals surface area contributed by atoms with Crippen LogP contribution in [-0.4, -0.2) is 60.0 Å². The van der Waals surface area contributed by atoms with Crippen molar-refractivity contribution in [2.45, 2.75) is 51.9 Å². The maximum absolute atomic E-state index is 12.4. The van der Waals surface area contributed by atoms with Crippen LogP contribution >= 0.6 is 0 Å². The Labute approximate surface area is 150 Å². The van der Waals surface area contributed by atoms with Crippen LogP contribution in [-0.2, 0) is 9.47 Å². The van der Waals surface area contributed by atoms with Crippen molar-refractivity contribution in [2.24, 2.45) is 0 Å². The SMILES string of the molecule is CN(C(=O)OC(C)(C)C)C(C)(C)C1CN(c2ccc(N)nc2)CCO1. The number of nitrogen functional groups attached to an aromatic ring is 1. The molecule has 25 heavy (non-hydrogen) atoms. The number of pyridine rings is 1. The summed E-state index contributed by atoms with van der Waals surface area (Å²) in [5, 5.41) is 0. The van der Waals surface area contributed by atoms with Gasteiger partial charge in [0.05, 0.1) is 30.1 Å². The Morgan fingerprint density at radius 2 is 2.04 bits per heavy atom. The maximum Gasteiger partial charge on any atom is 0.410 e. The summed E-state index contributed by atoms with van der Waals surface area (Å²) in [6.07, 6.45) is 1.26. The van der Waals surface area contributed by atoms with E-state index in [0.29, 0.717) is 19.0 Å². The zero-order chi connectivity index (χ0) is 18.8. The molecule has 0 aliphatic carbocycles. The first kappa shape index (κ1) is 19.3. The van der Waals surface area contributed by atoms with Crippen LogP contribution in [0.5, 0.6) is 0 Å². The lowest BCUT2D eigenvalue weighted by atomic mass is 9.94. The molecule has 140 valence electrons. The highest BCUT2D eigenvalue weighted by Gasteiger charge is 2.41. The molecule has 0 radical (unpaired) electrons. The lowest BCUT2D eigenvalue weighted by Crippen LogP contribution is -2.60. The van der Waals surface area contributed by atoms with E-state index in [1.54, 1.807) is 24.2 Å². The molecule has 7 heteroatoms. The Morgan fingerprint density at radius 1 is 1.36 bits per heavy atom. The number of nitrogens with two attached hydrogens (primary N) is 1. The van der Waals surface area contributed by atoms with Crippen molar-refractivity contribution >= 4 is 17.6 Å². The first-order valence-electron chi connectivity index (χ1n) is 8.55. The van der Waals surface area contributed by atoms with Gasteiger partial charge in [-0.15, -0.1) is 0 Å². The van der Waals surface area contributed by atoms with E-state index in [1.165, 1.54) is 0 Å². The number of nitrogens with zero attached hydrogens (tertiary/aromatic N) is 3. The van der Waals surface area contributed by atoms with Crippen LogP contribution in [0.1, 0.15) is 34.6 Å². The summed E-state index contributed by atoms with van der Waals surface area (Å²) in [6, 6.07) is 3.74. The highest BCUT2D eigenvalue weighted by Crippen LogP contribution is 2.27. The van der Waals surface area contributed by atoms with Crippen molar-refractivity contribution in [2.75, 3.05) is 37.4 Å². The summed E-state index contributed by atoms with van der Waals surface area (Å²) in [5.41, 5.74) is 5.61. The topological polar surface area (TPSA) is 80.9 Å². The highest BCUT2D eigenvalue weighted by molar-refractivity contribution is 5.69. The molecule has 0 bridgehead atoms. The van der Waals surface area contributed by atoms with Crippen molar-refractivity contribution in [3.05, 3.63) is 18.3 Å². The molecule has 0 aromatic carbocycles. The number of amides is 1. The molecule has 2 N–H and O–H groups in total. The molecule has 1 atom stereocenters. The van der Waals surface area contributed by atoms with Gasteiger partial charge in [0.1, 0.15) is 11.4 Å². The Kier molecular flexibility index (Phi) is 5.46. The number of morpholine rings is 1. The maximum atomic E-state index is 12.4. The summed E-state index contributed by atoms with van der Waals surface area (Å²) in [5.74, 6) is 0.499. The average Bonchev–Trinajstić information content (AvgIpc) is 2.53. The number of carbonyl (C=O) groups excluding carboxylic acids is 1. The van der Waals surface area contributed by atoms with Crippen molar-refractivity contribution in [1.82, 2.24) is 9.88 Å². The standard InChI is InChI=1S/C18H30N4O3/c1-17(2,3)25-16(23)21(6)18(4,5)14-12-22(9-10-24-14)13-7-8-15(19)20-11-13/h7-8,11,14H,9-10,12H2,1-6H3,(H2,19,20). The van der Waals surface area contributed by atoms with Gasteiger partial charge in [-0.2, -0.15) is 0 Å². The molecule has 7 nitrogen and oxygen atoms in total. The van der Waals surface area contributed by atoms with Gasteiger partial charge in [0.15, 0.2) is 0 Å². The van der Waals surface area contributed by atoms with Crippen LogP contribution in [0.3, 0.4) is 0 Å². The molecule has 1 amide bonds. The predicted molar refractivity (Wildman–Crippen MR) is 98.7 cm³/mol. The first-order chi connectivity index (χ1) is 11.5. The number of hydrogen-bond acceptors (Lipinski definition) is 6. The normalized spacial score (nSPS) is 18.8. The van der Waals surface area contributed by atoms with E-state index in [-0.39, 0.29) is 12.2 Å². The predicted octanol–water partition coefficient (Wildman–Crippen LogP) is 2.51. The zero-order valence-corrected chi connectivity index (χ0v) is 16.1. The lowest BCUT2D eigenvalue weighted by Gasteiger charge is -2.46. The number of ether oxygens (including phenoxy) is 2. The van der Waals surface area contributed by atoms with E-state index in [1.807, 2.05) is 40.7 Å². The minimum absolute atomic E-state index is 0.156. The monoisotopic (exact) mass is 350 g/mol. The lowest BCUT2D eigenvalue weighted by molar-refractivity contribution is -0.0622. The molecule has 2 heterocycles. The quantitative estimate of drug-likeness (QED) is 0.902. The van der Waals surface area contributed by atoms with E-state index in [9.17, 15) is 4.79 Å². The number of hydrogen-bond donors (Lipinski definition) is 1. The molecule has 1 aliphatic rings. The van der Waals surface area contributed by atoms with Crippen LogP contribution in [0.4, 0.5) is 16.3 Å². The largest absolute Gasteiger partial charge is 0.444 e. The molecule has 0 spiro atoms. The van der Waals surface area contributed by atoms with Gasteiger partial charge in [-0.05, 0) is 46.8 Å². The van der Waals surface area contributed by atoms with Gasteiger partial charge in [-0.3, -0.25) is 0 Å². The van der Waals surface area contributed by atoms with E-state index < -0.39 is 11.1 Å². The molecule has 1 saturated heterocycles. The summed E-state index contributed by atoms with van der Waals surface area (Å²) in [7, 11) is 1.75. The van der Waals surface area contributed by atoms with Gasteiger partial charge >= 0.3 is 6.09 Å².